The molecule has 0 spiro atoms. The van der Waals surface area contributed by atoms with Gasteiger partial charge < -0.3 is 4.90 Å². The highest BCUT2D eigenvalue weighted by Gasteiger charge is 2.18. The lowest BCUT2D eigenvalue weighted by Crippen LogP contribution is -2.24. The average molecular weight is 267 g/mol. The number of amides is 1. The van der Waals surface area contributed by atoms with E-state index in [9.17, 15) is 4.79 Å². The summed E-state index contributed by atoms with van der Waals surface area (Å²) < 4.78 is 0. The van der Waals surface area contributed by atoms with Gasteiger partial charge in [0.2, 0.25) is 5.91 Å². The van der Waals surface area contributed by atoms with E-state index in [1.54, 1.807) is 0 Å². The van der Waals surface area contributed by atoms with E-state index in [1.807, 2.05) is 25.7 Å². The number of hydrogen-bond donors (Lipinski definition) is 0. The molecule has 2 nitrogen and oxygen atoms in total. The lowest BCUT2D eigenvalue weighted by atomic mass is 10.2. The third kappa shape index (κ3) is 13.3. The molecule has 0 atom stereocenters. The van der Waals surface area contributed by atoms with Gasteiger partial charge in [-0.1, -0.05) is 66.2 Å². The summed E-state index contributed by atoms with van der Waals surface area (Å²) >= 11 is 0. The molecule has 0 aromatic rings. The molecule has 0 aromatic carbocycles. The maximum absolute atomic E-state index is 11.0. The van der Waals surface area contributed by atoms with Gasteiger partial charge in [-0.2, -0.15) is 0 Å². The summed E-state index contributed by atoms with van der Waals surface area (Å²) in [4.78, 5) is 12.8. The van der Waals surface area contributed by atoms with E-state index in [0.29, 0.717) is 13.0 Å². The zero-order valence-electron chi connectivity index (χ0n) is 13.7. The quantitative estimate of drug-likeness (QED) is 0.537. The molecule has 0 aromatic heterocycles. The molecule has 112 valence electrons. The SMILES string of the molecule is CC.CCC#CCN1CCCC1=O.CCCCCC. The number of rotatable bonds is 4. The molecule has 1 saturated heterocycles. The summed E-state index contributed by atoms with van der Waals surface area (Å²) in [6, 6.07) is 0. The first-order valence-corrected chi connectivity index (χ1v) is 7.99. The van der Waals surface area contributed by atoms with Crippen LogP contribution >= 0.6 is 0 Å². The number of nitrogens with zero attached hydrogens (tertiary/aromatic N) is 1. The van der Waals surface area contributed by atoms with Crippen LogP contribution in [0, 0.1) is 11.8 Å². The van der Waals surface area contributed by atoms with Gasteiger partial charge in [-0.25, -0.2) is 0 Å². The van der Waals surface area contributed by atoms with E-state index < -0.39 is 0 Å². The van der Waals surface area contributed by atoms with Crippen LogP contribution in [0.3, 0.4) is 0 Å². The molecule has 0 bridgehead atoms. The van der Waals surface area contributed by atoms with Gasteiger partial charge in [0, 0.05) is 19.4 Å². The van der Waals surface area contributed by atoms with Crippen molar-refractivity contribution in [1.82, 2.24) is 4.90 Å². The molecule has 1 heterocycles. The predicted octanol–water partition coefficient (Wildman–Crippen LogP) is 4.64. The van der Waals surface area contributed by atoms with Crippen LogP contribution in [0.2, 0.25) is 0 Å². The van der Waals surface area contributed by atoms with Gasteiger partial charge in [-0.3, -0.25) is 4.79 Å². The Bertz CT molecular complexity index is 246. The van der Waals surface area contributed by atoms with Crippen LogP contribution in [0.25, 0.3) is 0 Å². The van der Waals surface area contributed by atoms with Gasteiger partial charge >= 0.3 is 0 Å². The number of carbonyl (C=O) groups excluding carboxylic acids is 1. The van der Waals surface area contributed by atoms with Crippen molar-refractivity contribution in [2.45, 2.75) is 79.6 Å². The highest BCUT2D eigenvalue weighted by molar-refractivity contribution is 5.78. The Morgan fingerprint density at radius 1 is 1.05 bits per heavy atom. The lowest BCUT2D eigenvalue weighted by Gasteiger charge is -2.09. The molecule has 1 aliphatic rings. The first-order valence-electron chi connectivity index (χ1n) is 7.99. The minimum absolute atomic E-state index is 0.260. The van der Waals surface area contributed by atoms with Gasteiger partial charge in [0.25, 0.3) is 0 Å². The van der Waals surface area contributed by atoms with E-state index in [1.165, 1.54) is 25.7 Å². The normalized spacial score (nSPS) is 12.7. The second-order valence-electron chi connectivity index (χ2n) is 4.33. The second-order valence-corrected chi connectivity index (χ2v) is 4.33. The number of unbranched alkanes of at least 4 members (excludes halogenated alkanes) is 3. The summed E-state index contributed by atoms with van der Waals surface area (Å²) in [5, 5.41) is 0. The first-order chi connectivity index (χ1) is 9.26. The molecule has 0 saturated carbocycles. The van der Waals surface area contributed by atoms with Crippen LogP contribution < -0.4 is 0 Å². The van der Waals surface area contributed by atoms with Gasteiger partial charge in [0.1, 0.15) is 0 Å². The minimum atomic E-state index is 0.260. The first kappa shape index (κ1) is 20.3. The van der Waals surface area contributed by atoms with Crippen molar-refractivity contribution in [1.29, 1.82) is 0 Å². The summed E-state index contributed by atoms with van der Waals surface area (Å²) in [7, 11) is 0. The van der Waals surface area contributed by atoms with Crippen molar-refractivity contribution < 1.29 is 4.79 Å². The zero-order chi connectivity index (χ0) is 14.9. The molecule has 0 aliphatic carbocycles. The van der Waals surface area contributed by atoms with Crippen molar-refractivity contribution in [3.63, 3.8) is 0 Å². The van der Waals surface area contributed by atoms with Crippen molar-refractivity contribution >= 4 is 5.91 Å². The molecule has 0 N–H and O–H groups in total. The van der Waals surface area contributed by atoms with Crippen LogP contribution in [0.15, 0.2) is 0 Å². The maximum atomic E-state index is 11.0. The highest BCUT2D eigenvalue weighted by Crippen LogP contribution is 2.07. The Morgan fingerprint density at radius 3 is 2.00 bits per heavy atom. The summed E-state index contributed by atoms with van der Waals surface area (Å²) in [5.41, 5.74) is 0. The van der Waals surface area contributed by atoms with E-state index in [0.717, 1.165) is 19.4 Å². The Morgan fingerprint density at radius 2 is 1.63 bits per heavy atom. The Labute approximate surface area is 121 Å². The van der Waals surface area contributed by atoms with Gasteiger partial charge in [0.15, 0.2) is 0 Å². The summed E-state index contributed by atoms with van der Waals surface area (Å²) in [6.45, 7) is 12.0. The molecule has 1 rings (SSSR count). The largest absolute Gasteiger partial charge is 0.332 e. The molecular formula is C17H33NO. The van der Waals surface area contributed by atoms with Gasteiger partial charge in [0.05, 0.1) is 6.54 Å². The van der Waals surface area contributed by atoms with Crippen molar-refractivity contribution in [3.8, 4) is 11.8 Å². The number of hydrogen-bond acceptors (Lipinski definition) is 1. The molecule has 1 aliphatic heterocycles. The summed E-state index contributed by atoms with van der Waals surface area (Å²) in [5.74, 6) is 6.17. The van der Waals surface area contributed by atoms with E-state index in [2.05, 4.69) is 25.7 Å². The number of likely N-dealkylation sites (tertiary alicyclic amines) is 1. The highest BCUT2D eigenvalue weighted by atomic mass is 16.2. The Hall–Kier alpha value is -0.970. The van der Waals surface area contributed by atoms with Gasteiger partial charge in [-0.15, -0.1) is 5.92 Å². The summed E-state index contributed by atoms with van der Waals surface area (Å²) in [6.07, 6.45) is 8.14. The van der Waals surface area contributed by atoms with E-state index in [4.69, 9.17) is 0 Å². The van der Waals surface area contributed by atoms with Crippen LogP contribution in [0.4, 0.5) is 0 Å². The smallest absolute Gasteiger partial charge is 0.223 e. The molecule has 0 unspecified atom stereocenters. The molecule has 1 fully saturated rings. The van der Waals surface area contributed by atoms with Gasteiger partial charge in [-0.05, 0) is 6.42 Å². The molecular weight excluding hydrogens is 234 g/mol. The van der Waals surface area contributed by atoms with E-state index >= 15 is 0 Å². The average Bonchev–Trinajstić information content (AvgIpc) is 2.85. The fraction of sp³-hybridized carbons (Fsp3) is 0.824. The second kappa shape index (κ2) is 17.0. The fourth-order valence-corrected chi connectivity index (χ4v) is 1.65. The Kier molecular flexibility index (Phi) is 18.2. The zero-order valence-corrected chi connectivity index (χ0v) is 13.7. The third-order valence-corrected chi connectivity index (χ3v) is 2.70. The maximum Gasteiger partial charge on any atom is 0.223 e. The predicted molar refractivity (Wildman–Crippen MR) is 85.0 cm³/mol. The lowest BCUT2D eigenvalue weighted by molar-refractivity contribution is -0.127. The van der Waals surface area contributed by atoms with Crippen LogP contribution in [0.5, 0.6) is 0 Å². The monoisotopic (exact) mass is 267 g/mol. The molecule has 0 radical (unpaired) electrons. The Balaban J connectivity index is 0. The standard InChI is InChI=1S/C9H13NO.C6H14.C2H6/c1-2-3-4-7-10-8-5-6-9(10)11;1-3-5-6-4-2;1-2/h2,5-8H2,1H3;3-6H2,1-2H3;1-2H3. The van der Waals surface area contributed by atoms with Crippen molar-refractivity contribution in [2.75, 3.05) is 13.1 Å². The van der Waals surface area contributed by atoms with E-state index in [-0.39, 0.29) is 5.91 Å². The fourth-order valence-electron chi connectivity index (χ4n) is 1.65. The molecule has 2 heteroatoms. The van der Waals surface area contributed by atoms with Crippen LogP contribution in [-0.2, 0) is 4.79 Å². The van der Waals surface area contributed by atoms with Crippen LogP contribution in [-0.4, -0.2) is 23.9 Å². The minimum Gasteiger partial charge on any atom is -0.332 e. The topological polar surface area (TPSA) is 20.3 Å². The number of carbonyl (C=O) groups is 1. The van der Waals surface area contributed by atoms with Crippen molar-refractivity contribution in [2.24, 2.45) is 0 Å². The van der Waals surface area contributed by atoms with Crippen molar-refractivity contribution in [3.05, 3.63) is 0 Å². The molecule has 1 amide bonds. The third-order valence-electron chi connectivity index (χ3n) is 2.70. The van der Waals surface area contributed by atoms with Crippen LogP contribution in [0.1, 0.15) is 79.6 Å². The molecule has 19 heavy (non-hydrogen) atoms.